The standard InChI is InChI=1S/C22H17N3O5/c1-12(26)20-19-18(17-11-6-13-4-2-3-5-16(13)24(17)20)21(27)23(22(19)28)14-7-9-15(10-8-14)25(29)30/h2-11,17-20H,1H3/t17-,18-,19+,20+/m1/s1. The number of para-hydroxylation sites is 1. The summed E-state index contributed by atoms with van der Waals surface area (Å²) in [4.78, 5) is 52.7. The molecule has 0 radical (unpaired) electrons. The van der Waals surface area contributed by atoms with Gasteiger partial charge in [0.1, 0.15) is 6.04 Å². The van der Waals surface area contributed by atoms with Crippen LogP contribution in [0.2, 0.25) is 0 Å². The molecule has 5 rings (SSSR count). The molecule has 3 heterocycles. The molecule has 8 heteroatoms. The van der Waals surface area contributed by atoms with Crippen LogP contribution in [0.5, 0.6) is 0 Å². The van der Waals surface area contributed by atoms with Gasteiger partial charge >= 0.3 is 0 Å². The second kappa shape index (κ2) is 6.35. The summed E-state index contributed by atoms with van der Waals surface area (Å²) in [6.45, 7) is 1.44. The summed E-state index contributed by atoms with van der Waals surface area (Å²) in [5.74, 6) is -2.50. The molecule has 2 saturated heterocycles. The Kier molecular flexibility index (Phi) is 3.86. The fourth-order valence-electron chi connectivity index (χ4n) is 4.95. The SMILES string of the molecule is CC(=O)[C@H]1[C@H]2C(=O)N(c3ccc([N+](=O)[O-])cc3)C(=O)[C@@H]2[C@H]2C=Cc3ccccc3N21. The monoisotopic (exact) mass is 403 g/mol. The Bertz CT molecular complexity index is 1140. The van der Waals surface area contributed by atoms with Crippen molar-refractivity contribution in [2.75, 3.05) is 9.80 Å². The lowest BCUT2D eigenvalue weighted by molar-refractivity contribution is -0.384. The summed E-state index contributed by atoms with van der Waals surface area (Å²) >= 11 is 0. The van der Waals surface area contributed by atoms with E-state index in [1.54, 1.807) is 0 Å². The molecule has 0 aliphatic carbocycles. The van der Waals surface area contributed by atoms with Gasteiger partial charge in [-0.2, -0.15) is 0 Å². The molecule has 2 aromatic rings. The minimum atomic E-state index is -0.800. The van der Waals surface area contributed by atoms with Crippen molar-refractivity contribution in [3.05, 3.63) is 70.3 Å². The number of imide groups is 1. The van der Waals surface area contributed by atoms with Gasteiger partial charge in [0.2, 0.25) is 11.8 Å². The Morgan fingerprint density at radius 1 is 1.00 bits per heavy atom. The molecule has 3 aliphatic heterocycles. The summed E-state index contributed by atoms with van der Waals surface area (Å²) in [6.07, 6.45) is 3.80. The molecule has 8 nitrogen and oxygen atoms in total. The molecule has 0 unspecified atom stereocenters. The second-order valence-electron chi connectivity index (χ2n) is 7.71. The van der Waals surface area contributed by atoms with Crippen LogP contribution in [-0.4, -0.2) is 34.6 Å². The van der Waals surface area contributed by atoms with E-state index in [4.69, 9.17) is 0 Å². The number of non-ortho nitro benzene ring substituents is 1. The van der Waals surface area contributed by atoms with Crippen molar-refractivity contribution in [1.82, 2.24) is 0 Å². The number of nitrogens with zero attached hydrogens (tertiary/aromatic N) is 3. The summed E-state index contributed by atoms with van der Waals surface area (Å²) in [7, 11) is 0. The highest BCUT2D eigenvalue weighted by molar-refractivity contribution is 6.24. The molecule has 0 bridgehead atoms. The maximum atomic E-state index is 13.4. The Morgan fingerprint density at radius 2 is 1.67 bits per heavy atom. The van der Waals surface area contributed by atoms with Crippen LogP contribution < -0.4 is 9.80 Å². The fourth-order valence-corrected chi connectivity index (χ4v) is 4.95. The van der Waals surface area contributed by atoms with Gasteiger partial charge in [-0.3, -0.25) is 24.5 Å². The number of benzene rings is 2. The molecule has 30 heavy (non-hydrogen) atoms. The Hall–Kier alpha value is -3.81. The topological polar surface area (TPSA) is 101 Å². The van der Waals surface area contributed by atoms with E-state index >= 15 is 0 Å². The van der Waals surface area contributed by atoms with Crippen LogP contribution in [0, 0.1) is 22.0 Å². The van der Waals surface area contributed by atoms with Crippen LogP contribution in [0.25, 0.3) is 6.08 Å². The van der Waals surface area contributed by atoms with Crippen molar-refractivity contribution in [3.63, 3.8) is 0 Å². The molecule has 2 aromatic carbocycles. The number of carbonyl (C=O) groups is 3. The molecule has 0 saturated carbocycles. The van der Waals surface area contributed by atoms with Gasteiger partial charge in [0.05, 0.1) is 28.5 Å². The normalized spacial score (nSPS) is 26.4. The van der Waals surface area contributed by atoms with Crippen molar-refractivity contribution in [1.29, 1.82) is 0 Å². The van der Waals surface area contributed by atoms with Crippen molar-refractivity contribution < 1.29 is 19.3 Å². The van der Waals surface area contributed by atoms with Crippen LogP contribution in [0.3, 0.4) is 0 Å². The lowest BCUT2D eigenvalue weighted by atomic mass is 9.88. The number of rotatable bonds is 3. The summed E-state index contributed by atoms with van der Waals surface area (Å²) in [5.41, 5.74) is 1.92. The Labute approximate surface area is 171 Å². The molecule has 0 spiro atoms. The Balaban J connectivity index is 1.58. The minimum absolute atomic E-state index is 0.127. The first kappa shape index (κ1) is 18.2. The van der Waals surface area contributed by atoms with Crippen LogP contribution in [0.15, 0.2) is 54.6 Å². The van der Waals surface area contributed by atoms with E-state index in [1.165, 1.54) is 31.2 Å². The van der Waals surface area contributed by atoms with Gasteiger partial charge in [-0.15, -0.1) is 0 Å². The van der Waals surface area contributed by atoms with Crippen molar-refractivity contribution >= 4 is 40.7 Å². The van der Waals surface area contributed by atoms with Crippen LogP contribution in [0.4, 0.5) is 17.1 Å². The van der Waals surface area contributed by atoms with Gasteiger partial charge < -0.3 is 4.90 Å². The number of hydrogen-bond acceptors (Lipinski definition) is 6. The molecular weight excluding hydrogens is 386 g/mol. The van der Waals surface area contributed by atoms with Crippen LogP contribution in [0.1, 0.15) is 12.5 Å². The highest BCUT2D eigenvalue weighted by atomic mass is 16.6. The van der Waals surface area contributed by atoms with Gasteiger partial charge in [0.15, 0.2) is 5.78 Å². The number of fused-ring (bicyclic) bond motifs is 5. The molecule has 0 aromatic heterocycles. The zero-order chi connectivity index (χ0) is 21.2. The van der Waals surface area contributed by atoms with Gasteiger partial charge in [-0.1, -0.05) is 30.4 Å². The highest BCUT2D eigenvalue weighted by Gasteiger charge is 2.63. The minimum Gasteiger partial charge on any atom is -0.353 e. The lowest BCUT2D eigenvalue weighted by Crippen LogP contribution is -2.48. The molecule has 3 aliphatic rings. The maximum Gasteiger partial charge on any atom is 0.269 e. The molecular formula is C22H17N3O5. The van der Waals surface area contributed by atoms with Gasteiger partial charge in [-0.05, 0) is 30.7 Å². The zero-order valence-corrected chi connectivity index (χ0v) is 16.0. The third-order valence-electron chi connectivity index (χ3n) is 6.15. The van der Waals surface area contributed by atoms with Gasteiger partial charge in [-0.25, -0.2) is 4.90 Å². The largest absolute Gasteiger partial charge is 0.353 e. The van der Waals surface area contributed by atoms with Crippen LogP contribution >= 0.6 is 0 Å². The van der Waals surface area contributed by atoms with E-state index in [0.717, 1.165) is 16.2 Å². The number of anilines is 2. The van der Waals surface area contributed by atoms with E-state index in [1.807, 2.05) is 41.3 Å². The number of nitro benzene ring substituents is 1. The Morgan fingerprint density at radius 3 is 2.33 bits per heavy atom. The first-order chi connectivity index (χ1) is 14.4. The van der Waals surface area contributed by atoms with Crippen molar-refractivity contribution in [2.24, 2.45) is 11.8 Å². The molecule has 150 valence electrons. The summed E-state index contributed by atoms with van der Waals surface area (Å²) in [6, 6.07) is 11.7. The zero-order valence-electron chi connectivity index (χ0n) is 16.0. The quantitative estimate of drug-likeness (QED) is 0.444. The molecule has 4 atom stereocenters. The number of hydrogen-bond donors (Lipinski definition) is 0. The molecule has 0 N–H and O–H groups in total. The number of ketones is 1. The first-order valence-electron chi connectivity index (χ1n) is 9.58. The van der Waals surface area contributed by atoms with Gasteiger partial charge in [0.25, 0.3) is 5.69 Å². The second-order valence-corrected chi connectivity index (χ2v) is 7.71. The summed E-state index contributed by atoms with van der Waals surface area (Å²) in [5, 5.41) is 10.9. The first-order valence-corrected chi connectivity index (χ1v) is 9.58. The van der Waals surface area contributed by atoms with E-state index in [2.05, 4.69) is 0 Å². The molecule has 2 amide bonds. The average molecular weight is 403 g/mol. The number of Topliss-reactive ketones (excluding diaryl/α,β-unsaturated/α-hetero) is 1. The predicted octanol–water partition coefficient (Wildman–Crippen LogP) is 2.57. The number of carbonyl (C=O) groups excluding carboxylic acids is 3. The van der Waals surface area contributed by atoms with E-state index in [0.29, 0.717) is 0 Å². The van der Waals surface area contributed by atoms with Crippen LogP contribution in [-0.2, 0) is 14.4 Å². The maximum absolute atomic E-state index is 13.4. The third kappa shape index (κ3) is 2.36. The summed E-state index contributed by atoms with van der Waals surface area (Å²) < 4.78 is 0. The van der Waals surface area contributed by atoms with E-state index < -0.39 is 34.7 Å². The third-order valence-corrected chi connectivity index (χ3v) is 6.15. The van der Waals surface area contributed by atoms with E-state index in [9.17, 15) is 24.5 Å². The van der Waals surface area contributed by atoms with Gasteiger partial charge in [0, 0.05) is 17.8 Å². The predicted molar refractivity (Wildman–Crippen MR) is 109 cm³/mol. The molecule has 2 fully saturated rings. The smallest absolute Gasteiger partial charge is 0.269 e. The van der Waals surface area contributed by atoms with E-state index in [-0.39, 0.29) is 23.1 Å². The fraction of sp³-hybridized carbons (Fsp3) is 0.227. The number of nitro groups is 1. The van der Waals surface area contributed by atoms with Crippen molar-refractivity contribution in [2.45, 2.75) is 19.0 Å². The number of amides is 2. The average Bonchev–Trinajstić information content (AvgIpc) is 3.21. The highest BCUT2D eigenvalue weighted by Crippen LogP contribution is 2.49. The lowest BCUT2D eigenvalue weighted by Gasteiger charge is -2.36. The van der Waals surface area contributed by atoms with Crippen molar-refractivity contribution in [3.8, 4) is 0 Å².